The third-order valence-corrected chi connectivity index (χ3v) is 2.72. The van der Waals surface area contributed by atoms with Gasteiger partial charge >= 0.3 is 0 Å². The summed E-state index contributed by atoms with van der Waals surface area (Å²) < 4.78 is 0. The molecular formula is C9H16N4O. The first-order valence-electron chi connectivity index (χ1n) is 4.93. The van der Waals surface area contributed by atoms with Gasteiger partial charge in [0.15, 0.2) is 0 Å². The summed E-state index contributed by atoms with van der Waals surface area (Å²) in [6.07, 6.45) is 1.97. The Balaban J connectivity index is 1.96. The lowest BCUT2D eigenvalue weighted by Crippen LogP contribution is -2.53. The first-order chi connectivity index (χ1) is 6.77. The van der Waals surface area contributed by atoms with Crippen molar-refractivity contribution in [2.75, 3.05) is 26.2 Å². The second kappa shape index (κ2) is 3.98. The molecule has 14 heavy (non-hydrogen) atoms. The van der Waals surface area contributed by atoms with E-state index >= 15 is 0 Å². The highest BCUT2D eigenvalue weighted by Gasteiger charge is 2.24. The Morgan fingerprint density at radius 2 is 2.50 bits per heavy atom. The van der Waals surface area contributed by atoms with Gasteiger partial charge in [-0.15, -0.1) is 0 Å². The monoisotopic (exact) mass is 196 g/mol. The molecule has 0 aromatic heterocycles. The number of nitrogens with zero attached hydrogens (tertiary/aromatic N) is 1. The number of carbonyl (C=O) groups is 1. The number of rotatable bonds is 1. The van der Waals surface area contributed by atoms with Crippen molar-refractivity contribution < 1.29 is 4.79 Å². The van der Waals surface area contributed by atoms with Gasteiger partial charge in [0, 0.05) is 45.3 Å². The summed E-state index contributed by atoms with van der Waals surface area (Å²) in [6.45, 7) is 4.96. The molecule has 0 saturated carbocycles. The summed E-state index contributed by atoms with van der Waals surface area (Å²) in [5, 5.41) is 3.40. The van der Waals surface area contributed by atoms with E-state index in [9.17, 15) is 4.79 Å². The van der Waals surface area contributed by atoms with Crippen LogP contribution in [0.3, 0.4) is 0 Å². The zero-order chi connectivity index (χ0) is 9.97. The summed E-state index contributed by atoms with van der Waals surface area (Å²) in [7, 11) is 0. The Labute approximate surface area is 83.5 Å². The number of piperazine rings is 1. The molecule has 1 unspecified atom stereocenters. The Hall–Kier alpha value is -1.07. The lowest BCUT2D eigenvalue weighted by molar-refractivity contribution is -0.129. The normalized spacial score (nSPS) is 27.1. The number of hydrogen-bond acceptors (Lipinski definition) is 4. The maximum Gasteiger partial charge on any atom is 0.219 e. The van der Waals surface area contributed by atoms with Gasteiger partial charge in [-0.05, 0) is 5.57 Å². The molecule has 1 fully saturated rings. The molecule has 2 rings (SSSR count). The number of carbonyl (C=O) groups excluding carboxylic acids is 1. The molecule has 1 amide bonds. The first kappa shape index (κ1) is 9.48. The highest BCUT2D eigenvalue weighted by Crippen LogP contribution is 2.09. The highest BCUT2D eigenvalue weighted by molar-refractivity contribution is 5.73. The molecule has 5 nitrogen and oxygen atoms in total. The molecule has 1 saturated heterocycles. The second-order valence-electron chi connectivity index (χ2n) is 3.69. The lowest BCUT2D eigenvalue weighted by Gasteiger charge is -2.33. The molecule has 3 N–H and O–H groups in total. The van der Waals surface area contributed by atoms with E-state index in [1.165, 1.54) is 5.57 Å². The van der Waals surface area contributed by atoms with Gasteiger partial charge in [0.2, 0.25) is 5.91 Å². The molecule has 78 valence electrons. The molecular weight excluding hydrogens is 180 g/mol. The molecule has 2 heterocycles. The summed E-state index contributed by atoms with van der Waals surface area (Å²) in [5.41, 5.74) is 7.27. The molecule has 2 aliphatic heterocycles. The van der Waals surface area contributed by atoms with Crippen molar-refractivity contribution in [3.8, 4) is 0 Å². The van der Waals surface area contributed by atoms with Crippen LogP contribution in [0.25, 0.3) is 0 Å². The second-order valence-corrected chi connectivity index (χ2v) is 3.69. The number of amides is 1. The SMILES string of the molecule is CC(=O)N1CCNC(C2=CNNC2)C1. The van der Waals surface area contributed by atoms with Crippen LogP contribution in [0.4, 0.5) is 0 Å². The lowest BCUT2D eigenvalue weighted by atomic mass is 10.1. The fourth-order valence-electron chi connectivity index (χ4n) is 1.86. The zero-order valence-corrected chi connectivity index (χ0v) is 8.34. The molecule has 0 aliphatic carbocycles. The topological polar surface area (TPSA) is 56.4 Å². The van der Waals surface area contributed by atoms with Gasteiger partial charge in [-0.1, -0.05) is 0 Å². The van der Waals surface area contributed by atoms with Crippen LogP contribution in [0.15, 0.2) is 11.8 Å². The summed E-state index contributed by atoms with van der Waals surface area (Å²) in [6, 6.07) is 0.301. The fourth-order valence-corrected chi connectivity index (χ4v) is 1.86. The Morgan fingerprint density at radius 3 is 3.14 bits per heavy atom. The Morgan fingerprint density at radius 1 is 1.64 bits per heavy atom. The van der Waals surface area contributed by atoms with Crippen LogP contribution in [0.1, 0.15) is 6.92 Å². The van der Waals surface area contributed by atoms with E-state index in [1.54, 1.807) is 6.92 Å². The van der Waals surface area contributed by atoms with E-state index in [0.29, 0.717) is 6.04 Å². The quantitative estimate of drug-likeness (QED) is 0.493. The molecule has 0 radical (unpaired) electrons. The molecule has 1 atom stereocenters. The molecule has 0 aromatic rings. The summed E-state index contributed by atoms with van der Waals surface area (Å²) in [5.74, 6) is 0.163. The van der Waals surface area contributed by atoms with Crippen LogP contribution in [0.5, 0.6) is 0 Å². The number of hydrogen-bond donors (Lipinski definition) is 3. The van der Waals surface area contributed by atoms with Crippen molar-refractivity contribution in [3.63, 3.8) is 0 Å². The van der Waals surface area contributed by atoms with E-state index in [1.807, 2.05) is 11.1 Å². The maximum atomic E-state index is 11.2. The third-order valence-electron chi connectivity index (χ3n) is 2.72. The molecule has 0 bridgehead atoms. The van der Waals surface area contributed by atoms with Gasteiger partial charge in [-0.2, -0.15) is 0 Å². The standard InChI is InChI=1S/C9H16N4O/c1-7(14)13-3-2-10-9(6-13)8-4-11-12-5-8/h4,9-12H,2-3,5-6H2,1H3. The minimum Gasteiger partial charge on any atom is -0.340 e. The predicted molar refractivity (Wildman–Crippen MR) is 53.3 cm³/mol. The van der Waals surface area contributed by atoms with Gasteiger partial charge in [0.25, 0.3) is 0 Å². The number of hydrazine groups is 1. The van der Waals surface area contributed by atoms with E-state index in [4.69, 9.17) is 0 Å². The smallest absolute Gasteiger partial charge is 0.219 e. The predicted octanol–water partition coefficient (Wildman–Crippen LogP) is -1.20. The molecule has 0 aromatic carbocycles. The van der Waals surface area contributed by atoms with Crippen molar-refractivity contribution in [3.05, 3.63) is 11.8 Å². The Bertz CT molecular complexity index is 264. The van der Waals surface area contributed by atoms with E-state index in [0.717, 1.165) is 26.2 Å². The highest BCUT2D eigenvalue weighted by atomic mass is 16.2. The van der Waals surface area contributed by atoms with E-state index in [-0.39, 0.29) is 5.91 Å². The largest absolute Gasteiger partial charge is 0.340 e. The third kappa shape index (κ3) is 1.88. The van der Waals surface area contributed by atoms with Gasteiger partial charge in [-0.3, -0.25) is 4.79 Å². The van der Waals surface area contributed by atoms with Crippen LogP contribution in [0, 0.1) is 0 Å². The zero-order valence-electron chi connectivity index (χ0n) is 8.34. The minimum absolute atomic E-state index is 0.163. The molecule has 2 aliphatic rings. The van der Waals surface area contributed by atoms with Crippen molar-refractivity contribution in [1.29, 1.82) is 0 Å². The molecule has 0 spiro atoms. The molecule has 5 heteroatoms. The van der Waals surface area contributed by atoms with Crippen LogP contribution < -0.4 is 16.2 Å². The van der Waals surface area contributed by atoms with Crippen LogP contribution in [-0.4, -0.2) is 43.0 Å². The first-order valence-corrected chi connectivity index (χ1v) is 4.93. The van der Waals surface area contributed by atoms with Gasteiger partial charge in [0.1, 0.15) is 0 Å². The fraction of sp³-hybridized carbons (Fsp3) is 0.667. The summed E-state index contributed by atoms with van der Waals surface area (Å²) in [4.78, 5) is 13.1. The van der Waals surface area contributed by atoms with E-state index in [2.05, 4.69) is 16.2 Å². The van der Waals surface area contributed by atoms with E-state index < -0.39 is 0 Å². The average Bonchev–Trinajstić information content (AvgIpc) is 2.71. The van der Waals surface area contributed by atoms with Gasteiger partial charge in [0.05, 0.1) is 0 Å². The van der Waals surface area contributed by atoms with Crippen LogP contribution in [-0.2, 0) is 4.79 Å². The average molecular weight is 196 g/mol. The van der Waals surface area contributed by atoms with Crippen LogP contribution in [0.2, 0.25) is 0 Å². The maximum absolute atomic E-state index is 11.2. The Kier molecular flexibility index (Phi) is 2.69. The van der Waals surface area contributed by atoms with Crippen molar-refractivity contribution in [2.45, 2.75) is 13.0 Å². The van der Waals surface area contributed by atoms with Gasteiger partial charge in [-0.25, -0.2) is 5.43 Å². The number of nitrogens with one attached hydrogen (secondary N) is 3. The van der Waals surface area contributed by atoms with Gasteiger partial charge < -0.3 is 15.6 Å². The minimum atomic E-state index is 0.163. The van der Waals surface area contributed by atoms with Crippen molar-refractivity contribution in [1.82, 2.24) is 21.1 Å². The van der Waals surface area contributed by atoms with Crippen molar-refractivity contribution >= 4 is 5.91 Å². The van der Waals surface area contributed by atoms with Crippen LogP contribution >= 0.6 is 0 Å². The summed E-state index contributed by atoms with van der Waals surface area (Å²) >= 11 is 0. The van der Waals surface area contributed by atoms with Crippen molar-refractivity contribution in [2.24, 2.45) is 0 Å².